The van der Waals surface area contributed by atoms with Crippen molar-refractivity contribution in [2.75, 3.05) is 20.2 Å². The third kappa shape index (κ3) is 4.01. The van der Waals surface area contributed by atoms with E-state index in [2.05, 4.69) is 9.97 Å². The summed E-state index contributed by atoms with van der Waals surface area (Å²) in [5.74, 6) is 0.172. The van der Waals surface area contributed by atoms with Gasteiger partial charge in [-0.1, -0.05) is 0 Å². The van der Waals surface area contributed by atoms with Gasteiger partial charge in [-0.05, 0) is 25.8 Å². The Morgan fingerprint density at radius 1 is 1.29 bits per heavy atom. The molecule has 0 aromatic carbocycles. The van der Waals surface area contributed by atoms with E-state index in [0.717, 1.165) is 18.7 Å². The number of rotatable bonds is 6. The van der Waals surface area contributed by atoms with Crippen molar-refractivity contribution in [1.82, 2.24) is 14.9 Å². The van der Waals surface area contributed by atoms with Crippen LogP contribution >= 0.6 is 0 Å². The van der Waals surface area contributed by atoms with Crippen LogP contribution in [0.1, 0.15) is 25.8 Å². The first-order valence-electron chi connectivity index (χ1n) is 5.83. The minimum atomic E-state index is 0.172. The fraction of sp³-hybridized carbons (Fsp3) is 0.583. The van der Waals surface area contributed by atoms with Gasteiger partial charge in [0, 0.05) is 31.9 Å². The minimum Gasteiger partial charge on any atom is -0.467 e. The number of amides is 1. The molecule has 1 heterocycles. The fourth-order valence-electron chi connectivity index (χ4n) is 1.56. The van der Waals surface area contributed by atoms with Crippen LogP contribution in [0.5, 0.6) is 6.01 Å². The van der Waals surface area contributed by atoms with Gasteiger partial charge in [-0.2, -0.15) is 0 Å². The van der Waals surface area contributed by atoms with Crippen molar-refractivity contribution in [1.29, 1.82) is 0 Å². The van der Waals surface area contributed by atoms with Gasteiger partial charge in [-0.15, -0.1) is 0 Å². The molecule has 5 nitrogen and oxygen atoms in total. The zero-order valence-corrected chi connectivity index (χ0v) is 10.6. The van der Waals surface area contributed by atoms with Crippen molar-refractivity contribution >= 4 is 5.91 Å². The molecule has 0 fully saturated rings. The number of carbonyl (C=O) groups excluding carboxylic acids is 1. The monoisotopic (exact) mass is 237 g/mol. The highest BCUT2D eigenvalue weighted by Gasteiger charge is 2.09. The molecule has 94 valence electrons. The molecular formula is C12H19N3O2. The lowest BCUT2D eigenvalue weighted by Crippen LogP contribution is -2.30. The van der Waals surface area contributed by atoms with E-state index < -0.39 is 0 Å². The van der Waals surface area contributed by atoms with E-state index in [4.69, 9.17) is 4.74 Å². The molecule has 0 radical (unpaired) electrons. The van der Waals surface area contributed by atoms with E-state index in [0.29, 0.717) is 18.9 Å². The molecule has 0 unspecified atom stereocenters. The Bertz CT molecular complexity index is 347. The number of aryl methyl sites for hydroxylation is 1. The predicted molar refractivity (Wildman–Crippen MR) is 64.8 cm³/mol. The number of nitrogens with zero attached hydrogens (tertiary/aromatic N) is 3. The molecule has 1 amide bonds. The van der Waals surface area contributed by atoms with Crippen LogP contribution in [0.3, 0.4) is 0 Å². The van der Waals surface area contributed by atoms with Gasteiger partial charge in [0.2, 0.25) is 5.91 Å². The molecule has 0 atom stereocenters. The maximum absolute atomic E-state index is 11.8. The van der Waals surface area contributed by atoms with Crippen molar-refractivity contribution in [3.05, 3.63) is 18.0 Å². The summed E-state index contributed by atoms with van der Waals surface area (Å²) in [6.07, 6.45) is 4.55. The van der Waals surface area contributed by atoms with Crippen LogP contribution in [0.2, 0.25) is 0 Å². The Labute approximate surface area is 102 Å². The van der Waals surface area contributed by atoms with Crippen molar-refractivity contribution in [2.24, 2.45) is 0 Å². The Morgan fingerprint density at radius 2 is 1.88 bits per heavy atom. The van der Waals surface area contributed by atoms with E-state index in [1.165, 1.54) is 7.11 Å². The summed E-state index contributed by atoms with van der Waals surface area (Å²) in [6.45, 7) is 5.48. The van der Waals surface area contributed by atoms with Crippen LogP contribution in [0.15, 0.2) is 12.4 Å². The Balaban J connectivity index is 2.46. The molecule has 0 aliphatic rings. The molecule has 1 aromatic rings. The molecule has 0 N–H and O–H groups in total. The number of carbonyl (C=O) groups is 1. The second-order valence-electron chi connectivity index (χ2n) is 3.64. The van der Waals surface area contributed by atoms with E-state index in [1.54, 1.807) is 12.4 Å². The number of hydrogen-bond donors (Lipinski definition) is 0. The minimum absolute atomic E-state index is 0.172. The van der Waals surface area contributed by atoms with E-state index >= 15 is 0 Å². The van der Waals surface area contributed by atoms with E-state index in [-0.39, 0.29) is 5.91 Å². The highest BCUT2D eigenvalue weighted by Crippen LogP contribution is 2.05. The van der Waals surface area contributed by atoms with Gasteiger partial charge >= 0.3 is 6.01 Å². The molecule has 5 heteroatoms. The summed E-state index contributed by atoms with van der Waals surface area (Å²) in [7, 11) is 1.53. The quantitative estimate of drug-likeness (QED) is 0.748. The molecule has 0 saturated heterocycles. The maximum atomic E-state index is 11.8. The molecule has 0 spiro atoms. The number of ether oxygens (including phenoxy) is 1. The van der Waals surface area contributed by atoms with Crippen molar-refractivity contribution in [2.45, 2.75) is 26.7 Å². The van der Waals surface area contributed by atoms with Gasteiger partial charge in [-0.25, -0.2) is 9.97 Å². The molecule has 1 rings (SSSR count). The first-order chi connectivity index (χ1) is 8.21. The summed E-state index contributed by atoms with van der Waals surface area (Å²) in [5.41, 5.74) is 0.950. The van der Waals surface area contributed by atoms with Gasteiger partial charge in [0.05, 0.1) is 7.11 Å². The molecule has 0 saturated carbocycles. The van der Waals surface area contributed by atoms with Crippen LogP contribution in [0.25, 0.3) is 0 Å². The summed E-state index contributed by atoms with van der Waals surface area (Å²) in [5, 5.41) is 0. The summed E-state index contributed by atoms with van der Waals surface area (Å²) >= 11 is 0. The van der Waals surface area contributed by atoms with Gasteiger partial charge < -0.3 is 9.64 Å². The van der Waals surface area contributed by atoms with Gasteiger partial charge in [0.15, 0.2) is 0 Å². The van der Waals surface area contributed by atoms with Crippen LogP contribution in [0, 0.1) is 0 Å². The Hall–Kier alpha value is -1.65. The lowest BCUT2D eigenvalue weighted by molar-refractivity contribution is -0.130. The van der Waals surface area contributed by atoms with Gasteiger partial charge in [0.1, 0.15) is 0 Å². The zero-order chi connectivity index (χ0) is 12.7. The SMILES string of the molecule is CCN(CC)C(=O)CCc1cnc(OC)nc1. The van der Waals surface area contributed by atoms with Crippen LogP contribution in [0.4, 0.5) is 0 Å². The van der Waals surface area contributed by atoms with Gasteiger partial charge in [0.25, 0.3) is 0 Å². The maximum Gasteiger partial charge on any atom is 0.316 e. The highest BCUT2D eigenvalue weighted by molar-refractivity contribution is 5.76. The van der Waals surface area contributed by atoms with Crippen molar-refractivity contribution in [3.63, 3.8) is 0 Å². The normalized spacial score (nSPS) is 10.1. The average molecular weight is 237 g/mol. The van der Waals surface area contributed by atoms with Crippen molar-refractivity contribution in [3.8, 4) is 6.01 Å². The lowest BCUT2D eigenvalue weighted by Gasteiger charge is -2.18. The molecule has 0 aliphatic heterocycles. The molecular weight excluding hydrogens is 218 g/mol. The Kier molecular flexibility index (Phi) is 5.39. The van der Waals surface area contributed by atoms with E-state index in [9.17, 15) is 4.79 Å². The third-order valence-electron chi connectivity index (χ3n) is 2.61. The first-order valence-corrected chi connectivity index (χ1v) is 5.83. The van der Waals surface area contributed by atoms with Crippen molar-refractivity contribution < 1.29 is 9.53 Å². The number of methoxy groups -OCH3 is 1. The zero-order valence-electron chi connectivity index (χ0n) is 10.6. The van der Waals surface area contributed by atoms with E-state index in [1.807, 2.05) is 18.7 Å². The van der Waals surface area contributed by atoms with Gasteiger partial charge in [-0.3, -0.25) is 4.79 Å². The Morgan fingerprint density at radius 3 is 2.35 bits per heavy atom. The van der Waals surface area contributed by atoms with Crippen LogP contribution in [-0.2, 0) is 11.2 Å². The lowest BCUT2D eigenvalue weighted by atomic mass is 10.2. The average Bonchev–Trinajstić information content (AvgIpc) is 2.38. The molecule has 17 heavy (non-hydrogen) atoms. The summed E-state index contributed by atoms with van der Waals surface area (Å²) < 4.78 is 4.87. The second-order valence-corrected chi connectivity index (χ2v) is 3.64. The number of hydrogen-bond acceptors (Lipinski definition) is 4. The fourth-order valence-corrected chi connectivity index (χ4v) is 1.56. The topological polar surface area (TPSA) is 55.3 Å². The molecule has 0 bridgehead atoms. The van der Waals surface area contributed by atoms with Crippen LogP contribution < -0.4 is 4.74 Å². The standard InChI is InChI=1S/C12H19N3O2/c1-4-15(5-2)11(16)7-6-10-8-13-12(17-3)14-9-10/h8-9H,4-7H2,1-3H3. The molecule has 0 aliphatic carbocycles. The summed E-state index contributed by atoms with van der Waals surface area (Å²) in [4.78, 5) is 21.6. The van der Waals surface area contributed by atoms with Crippen LogP contribution in [-0.4, -0.2) is 41.0 Å². The molecule has 1 aromatic heterocycles. The smallest absolute Gasteiger partial charge is 0.316 e. The number of aromatic nitrogens is 2. The largest absolute Gasteiger partial charge is 0.467 e. The third-order valence-corrected chi connectivity index (χ3v) is 2.61. The summed E-state index contributed by atoms with van der Waals surface area (Å²) in [6, 6.07) is 0.351. The highest BCUT2D eigenvalue weighted by atomic mass is 16.5. The second kappa shape index (κ2) is 6.83. The first kappa shape index (κ1) is 13.4. The predicted octanol–water partition coefficient (Wildman–Crippen LogP) is 1.29.